The van der Waals surface area contributed by atoms with E-state index in [1.165, 1.54) is 6.42 Å². The first-order chi connectivity index (χ1) is 9.65. The van der Waals surface area contributed by atoms with E-state index >= 15 is 0 Å². The summed E-state index contributed by atoms with van der Waals surface area (Å²) in [6, 6.07) is 1.16. The van der Waals surface area contributed by atoms with Crippen LogP contribution in [0.5, 0.6) is 0 Å². The Hall–Kier alpha value is -1.26. The van der Waals surface area contributed by atoms with Crippen LogP contribution in [-0.2, 0) is 4.79 Å². The standard InChI is InChI=1S/C15H24N2O3/c18-14(19)10-4-6-11(7-5-10)16-15(20)17-12-2-1-3-13(17)9-8-12/h10-13H,1-9H2,(H,16,20)(H,18,19). The second kappa shape index (κ2) is 5.62. The van der Waals surface area contributed by atoms with Crippen molar-refractivity contribution in [2.24, 2.45) is 5.92 Å². The molecule has 0 aromatic carbocycles. The van der Waals surface area contributed by atoms with Gasteiger partial charge in [0.15, 0.2) is 0 Å². The Labute approximate surface area is 119 Å². The molecule has 3 aliphatic rings. The van der Waals surface area contributed by atoms with Gasteiger partial charge < -0.3 is 15.3 Å². The van der Waals surface area contributed by atoms with E-state index < -0.39 is 5.97 Å². The molecule has 2 heterocycles. The highest BCUT2D eigenvalue weighted by atomic mass is 16.4. The Morgan fingerprint density at radius 1 is 0.900 bits per heavy atom. The van der Waals surface area contributed by atoms with Crippen LogP contribution >= 0.6 is 0 Å². The van der Waals surface area contributed by atoms with Gasteiger partial charge in [0.1, 0.15) is 0 Å². The second-order valence-corrected chi connectivity index (χ2v) is 6.56. The maximum absolute atomic E-state index is 12.4. The normalized spacial score (nSPS) is 36.7. The van der Waals surface area contributed by atoms with Crippen LogP contribution in [0.1, 0.15) is 57.8 Å². The third-order valence-corrected chi connectivity index (χ3v) is 5.33. The lowest BCUT2D eigenvalue weighted by atomic mass is 9.86. The van der Waals surface area contributed by atoms with Gasteiger partial charge in [-0.15, -0.1) is 0 Å². The van der Waals surface area contributed by atoms with Crippen LogP contribution in [0.3, 0.4) is 0 Å². The molecule has 0 aromatic heterocycles. The van der Waals surface area contributed by atoms with E-state index in [1.54, 1.807) is 0 Å². The molecule has 0 spiro atoms. The first kappa shape index (κ1) is 13.7. The lowest BCUT2D eigenvalue weighted by Crippen LogP contribution is -2.52. The van der Waals surface area contributed by atoms with Crippen LogP contribution in [0.4, 0.5) is 4.79 Å². The third-order valence-electron chi connectivity index (χ3n) is 5.33. The number of carbonyl (C=O) groups excluding carboxylic acids is 1. The summed E-state index contributed by atoms with van der Waals surface area (Å²) < 4.78 is 0. The van der Waals surface area contributed by atoms with E-state index in [0.717, 1.165) is 38.5 Å². The number of nitrogens with zero attached hydrogens (tertiary/aromatic N) is 1. The number of hydrogen-bond donors (Lipinski definition) is 2. The number of carboxylic acids is 1. The number of aliphatic carboxylic acids is 1. The van der Waals surface area contributed by atoms with Crippen molar-refractivity contribution in [3.63, 3.8) is 0 Å². The lowest BCUT2D eigenvalue weighted by Gasteiger charge is -2.37. The number of carbonyl (C=O) groups is 2. The number of fused-ring (bicyclic) bond motifs is 2. The summed E-state index contributed by atoms with van der Waals surface area (Å²) in [5, 5.41) is 12.1. The number of rotatable bonds is 2. The van der Waals surface area contributed by atoms with Gasteiger partial charge in [-0.3, -0.25) is 4.79 Å². The highest BCUT2D eigenvalue weighted by Gasteiger charge is 2.40. The monoisotopic (exact) mass is 280 g/mol. The number of urea groups is 1. The van der Waals surface area contributed by atoms with E-state index in [2.05, 4.69) is 10.2 Å². The molecule has 2 unspecified atom stereocenters. The van der Waals surface area contributed by atoms with Crippen LogP contribution in [-0.4, -0.2) is 40.1 Å². The molecule has 0 aromatic rings. The fourth-order valence-electron chi connectivity index (χ4n) is 4.18. The molecule has 2 amide bonds. The molecule has 2 aliphatic heterocycles. The lowest BCUT2D eigenvalue weighted by molar-refractivity contribution is -0.142. The molecule has 2 N–H and O–H groups in total. The van der Waals surface area contributed by atoms with Gasteiger partial charge in [-0.05, 0) is 57.8 Å². The van der Waals surface area contributed by atoms with Crippen molar-refractivity contribution in [1.82, 2.24) is 10.2 Å². The molecule has 0 radical (unpaired) electrons. The molecular formula is C15H24N2O3. The second-order valence-electron chi connectivity index (χ2n) is 6.56. The Balaban J connectivity index is 1.51. The van der Waals surface area contributed by atoms with Crippen molar-refractivity contribution >= 4 is 12.0 Å². The quantitative estimate of drug-likeness (QED) is 0.815. The van der Waals surface area contributed by atoms with Gasteiger partial charge in [-0.2, -0.15) is 0 Å². The van der Waals surface area contributed by atoms with Gasteiger partial charge in [-0.1, -0.05) is 0 Å². The maximum Gasteiger partial charge on any atom is 0.318 e. The Bertz CT molecular complexity index is 375. The SMILES string of the molecule is O=C(O)C1CCC(NC(=O)N2C3CCCC2CC3)CC1. The van der Waals surface area contributed by atoms with Crippen LogP contribution in [0, 0.1) is 5.92 Å². The average molecular weight is 280 g/mol. The summed E-state index contributed by atoms with van der Waals surface area (Å²) in [6.45, 7) is 0. The first-order valence-corrected chi connectivity index (χ1v) is 7.97. The van der Waals surface area contributed by atoms with Crippen LogP contribution in [0.15, 0.2) is 0 Å². The van der Waals surface area contributed by atoms with Crippen molar-refractivity contribution in [3.8, 4) is 0 Å². The van der Waals surface area contributed by atoms with Crippen molar-refractivity contribution in [3.05, 3.63) is 0 Å². The summed E-state index contributed by atoms with van der Waals surface area (Å²) in [5.41, 5.74) is 0. The van der Waals surface area contributed by atoms with Crippen molar-refractivity contribution in [2.45, 2.75) is 75.9 Å². The summed E-state index contributed by atoms with van der Waals surface area (Å²) >= 11 is 0. The molecule has 3 rings (SSSR count). The maximum atomic E-state index is 12.4. The zero-order valence-electron chi connectivity index (χ0n) is 11.9. The largest absolute Gasteiger partial charge is 0.481 e. The van der Waals surface area contributed by atoms with E-state index in [9.17, 15) is 9.59 Å². The summed E-state index contributed by atoms with van der Waals surface area (Å²) in [5.74, 6) is -0.904. The fraction of sp³-hybridized carbons (Fsp3) is 0.867. The Morgan fingerprint density at radius 3 is 2.05 bits per heavy atom. The molecule has 5 heteroatoms. The Morgan fingerprint density at radius 2 is 1.50 bits per heavy atom. The smallest absolute Gasteiger partial charge is 0.318 e. The summed E-state index contributed by atoms with van der Waals surface area (Å²) in [6.07, 6.45) is 8.83. The molecule has 5 nitrogen and oxygen atoms in total. The number of piperidine rings is 1. The minimum absolute atomic E-state index is 0.0935. The van der Waals surface area contributed by atoms with Gasteiger partial charge >= 0.3 is 12.0 Å². The predicted molar refractivity (Wildman–Crippen MR) is 74.4 cm³/mol. The molecule has 1 aliphatic carbocycles. The summed E-state index contributed by atoms with van der Waals surface area (Å²) in [7, 11) is 0. The Kier molecular flexibility index (Phi) is 3.85. The zero-order valence-corrected chi connectivity index (χ0v) is 11.9. The van der Waals surface area contributed by atoms with Crippen molar-refractivity contribution in [1.29, 1.82) is 0 Å². The number of hydrogen-bond acceptors (Lipinski definition) is 2. The molecule has 1 saturated carbocycles. The average Bonchev–Trinajstić information content (AvgIpc) is 2.69. The number of nitrogens with one attached hydrogen (secondary N) is 1. The van der Waals surface area contributed by atoms with Crippen molar-refractivity contribution in [2.75, 3.05) is 0 Å². The van der Waals surface area contributed by atoms with E-state index in [4.69, 9.17) is 5.11 Å². The molecular weight excluding hydrogens is 256 g/mol. The topological polar surface area (TPSA) is 69.6 Å². The highest BCUT2D eigenvalue weighted by Crippen LogP contribution is 2.35. The van der Waals surface area contributed by atoms with E-state index in [0.29, 0.717) is 24.9 Å². The fourth-order valence-corrected chi connectivity index (χ4v) is 4.18. The van der Waals surface area contributed by atoms with Gasteiger partial charge in [-0.25, -0.2) is 4.79 Å². The molecule has 112 valence electrons. The first-order valence-electron chi connectivity index (χ1n) is 7.97. The van der Waals surface area contributed by atoms with Gasteiger partial charge in [0.05, 0.1) is 5.92 Å². The van der Waals surface area contributed by atoms with Crippen LogP contribution in [0.2, 0.25) is 0 Å². The molecule has 3 fully saturated rings. The molecule has 2 bridgehead atoms. The van der Waals surface area contributed by atoms with Gasteiger partial charge in [0, 0.05) is 18.1 Å². The minimum Gasteiger partial charge on any atom is -0.481 e. The van der Waals surface area contributed by atoms with Gasteiger partial charge in [0.2, 0.25) is 0 Å². The zero-order chi connectivity index (χ0) is 14.1. The highest BCUT2D eigenvalue weighted by molar-refractivity contribution is 5.76. The number of amides is 2. The summed E-state index contributed by atoms with van der Waals surface area (Å²) in [4.78, 5) is 25.4. The third kappa shape index (κ3) is 2.63. The van der Waals surface area contributed by atoms with E-state index in [1.807, 2.05) is 0 Å². The van der Waals surface area contributed by atoms with Crippen molar-refractivity contribution < 1.29 is 14.7 Å². The van der Waals surface area contributed by atoms with Gasteiger partial charge in [0.25, 0.3) is 0 Å². The predicted octanol–water partition coefficient (Wildman–Crippen LogP) is 2.36. The molecule has 20 heavy (non-hydrogen) atoms. The van der Waals surface area contributed by atoms with Crippen LogP contribution in [0.25, 0.3) is 0 Å². The molecule has 2 saturated heterocycles. The van der Waals surface area contributed by atoms with Crippen LogP contribution < -0.4 is 5.32 Å². The number of carboxylic acid groups (broad SMARTS) is 1. The molecule has 2 atom stereocenters. The van der Waals surface area contributed by atoms with E-state index in [-0.39, 0.29) is 18.0 Å². The minimum atomic E-state index is -0.691.